The van der Waals surface area contributed by atoms with E-state index < -0.39 is 0 Å². The van der Waals surface area contributed by atoms with Gasteiger partial charge in [-0.25, -0.2) is 0 Å². The van der Waals surface area contributed by atoms with Crippen LogP contribution in [0.15, 0.2) is 36.5 Å². The number of amides is 1. The molecule has 0 saturated carbocycles. The number of aromatic nitrogens is 1. The van der Waals surface area contributed by atoms with Crippen LogP contribution in [0, 0.1) is 0 Å². The first-order valence-corrected chi connectivity index (χ1v) is 6.89. The fraction of sp³-hybridized carbons (Fsp3) is 0.312. The first kappa shape index (κ1) is 15.0. The summed E-state index contributed by atoms with van der Waals surface area (Å²) in [6.07, 6.45) is 1.78. The quantitative estimate of drug-likeness (QED) is 0.888. The van der Waals surface area contributed by atoms with E-state index in [1.54, 1.807) is 19.4 Å². The molecule has 112 valence electrons. The minimum absolute atomic E-state index is 0.136. The molecule has 1 aromatic heterocycles. The molecule has 21 heavy (non-hydrogen) atoms. The second kappa shape index (κ2) is 6.35. The van der Waals surface area contributed by atoms with Crippen LogP contribution in [-0.2, 0) is 6.54 Å². The summed E-state index contributed by atoms with van der Waals surface area (Å²) in [4.78, 5) is 12.3. The summed E-state index contributed by atoms with van der Waals surface area (Å²) < 4.78 is 7.04. The topological polar surface area (TPSA) is 69.3 Å². The van der Waals surface area contributed by atoms with Gasteiger partial charge in [0.25, 0.3) is 5.91 Å². The summed E-state index contributed by atoms with van der Waals surface area (Å²) in [6.45, 7) is 4.47. The zero-order valence-corrected chi connectivity index (χ0v) is 12.6. The summed E-state index contributed by atoms with van der Waals surface area (Å²) in [5.74, 6) is 0.639. The number of carbonyl (C=O) groups is 1. The van der Waals surface area contributed by atoms with Gasteiger partial charge in [0.05, 0.1) is 12.8 Å². The zero-order chi connectivity index (χ0) is 15.4. The lowest BCUT2D eigenvalue weighted by atomic mass is 10.2. The van der Waals surface area contributed by atoms with Gasteiger partial charge in [-0.15, -0.1) is 0 Å². The molecule has 5 heteroatoms. The molecular formula is C16H21N3O2. The standard InChI is InChI=1S/C16H21N3O2/c1-11(2)19-10-13(17)8-15(19)16(20)18-9-12-5-4-6-14(7-12)21-3/h4-8,10-11H,9,17H2,1-3H3,(H,18,20). The molecule has 2 rings (SSSR count). The zero-order valence-electron chi connectivity index (χ0n) is 12.6. The molecule has 0 aliphatic carbocycles. The Balaban J connectivity index is 2.08. The number of anilines is 1. The van der Waals surface area contributed by atoms with Crippen molar-refractivity contribution in [3.63, 3.8) is 0 Å². The van der Waals surface area contributed by atoms with Crippen molar-refractivity contribution >= 4 is 11.6 Å². The van der Waals surface area contributed by atoms with E-state index >= 15 is 0 Å². The van der Waals surface area contributed by atoms with Crippen LogP contribution in [0.25, 0.3) is 0 Å². The Kier molecular flexibility index (Phi) is 4.52. The van der Waals surface area contributed by atoms with Gasteiger partial charge in [0.1, 0.15) is 11.4 Å². The minimum Gasteiger partial charge on any atom is -0.497 e. The van der Waals surface area contributed by atoms with E-state index in [4.69, 9.17) is 10.5 Å². The van der Waals surface area contributed by atoms with Crippen LogP contribution in [0.2, 0.25) is 0 Å². The fourth-order valence-corrected chi connectivity index (χ4v) is 2.17. The molecule has 1 aromatic carbocycles. The Morgan fingerprint density at radius 3 is 2.81 bits per heavy atom. The van der Waals surface area contributed by atoms with Crippen molar-refractivity contribution in [1.29, 1.82) is 0 Å². The smallest absolute Gasteiger partial charge is 0.268 e. The molecule has 0 unspecified atom stereocenters. The van der Waals surface area contributed by atoms with E-state index in [1.807, 2.05) is 42.7 Å². The summed E-state index contributed by atoms with van der Waals surface area (Å²) in [5, 5.41) is 2.90. The predicted molar refractivity (Wildman–Crippen MR) is 83.4 cm³/mol. The molecule has 2 aromatic rings. The molecule has 1 heterocycles. The molecule has 0 spiro atoms. The fourth-order valence-electron chi connectivity index (χ4n) is 2.17. The molecule has 3 N–H and O–H groups in total. The lowest BCUT2D eigenvalue weighted by molar-refractivity contribution is 0.0940. The maximum Gasteiger partial charge on any atom is 0.268 e. The highest BCUT2D eigenvalue weighted by molar-refractivity contribution is 5.93. The Labute approximate surface area is 124 Å². The summed E-state index contributed by atoms with van der Waals surface area (Å²) in [5.41, 5.74) is 7.93. The lowest BCUT2D eigenvalue weighted by Crippen LogP contribution is -2.25. The van der Waals surface area contributed by atoms with Gasteiger partial charge in [0.15, 0.2) is 0 Å². The second-order valence-corrected chi connectivity index (χ2v) is 5.19. The third kappa shape index (κ3) is 3.56. The van der Waals surface area contributed by atoms with Crippen LogP contribution in [0.3, 0.4) is 0 Å². The Morgan fingerprint density at radius 2 is 2.14 bits per heavy atom. The summed E-state index contributed by atoms with van der Waals surface area (Å²) >= 11 is 0. The average Bonchev–Trinajstić information content (AvgIpc) is 2.87. The molecule has 0 atom stereocenters. The molecule has 0 aliphatic heterocycles. The van der Waals surface area contributed by atoms with Crippen LogP contribution in [0.1, 0.15) is 35.9 Å². The lowest BCUT2D eigenvalue weighted by Gasteiger charge is -2.13. The molecule has 1 amide bonds. The number of nitrogens with two attached hydrogens (primary N) is 1. The van der Waals surface area contributed by atoms with Gasteiger partial charge in [-0.3, -0.25) is 4.79 Å². The predicted octanol–water partition coefficient (Wildman–Crippen LogP) is 2.59. The number of hydrogen-bond acceptors (Lipinski definition) is 3. The minimum atomic E-state index is -0.136. The first-order valence-electron chi connectivity index (χ1n) is 6.89. The van der Waals surface area contributed by atoms with Gasteiger partial charge in [0.2, 0.25) is 0 Å². The van der Waals surface area contributed by atoms with Crippen LogP contribution in [0.5, 0.6) is 5.75 Å². The third-order valence-electron chi connectivity index (χ3n) is 3.25. The molecular weight excluding hydrogens is 266 g/mol. The van der Waals surface area contributed by atoms with Crippen LogP contribution >= 0.6 is 0 Å². The number of methoxy groups -OCH3 is 1. The van der Waals surface area contributed by atoms with Gasteiger partial charge < -0.3 is 20.4 Å². The molecule has 5 nitrogen and oxygen atoms in total. The van der Waals surface area contributed by atoms with E-state index in [0.717, 1.165) is 11.3 Å². The average molecular weight is 287 g/mol. The number of nitrogens with one attached hydrogen (secondary N) is 1. The highest BCUT2D eigenvalue weighted by atomic mass is 16.5. The normalized spacial score (nSPS) is 10.7. The summed E-state index contributed by atoms with van der Waals surface area (Å²) in [7, 11) is 1.62. The molecule has 0 fully saturated rings. The number of carbonyl (C=O) groups excluding carboxylic acids is 1. The molecule has 0 aliphatic rings. The van der Waals surface area contributed by atoms with Gasteiger partial charge in [0, 0.05) is 18.8 Å². The van der Waals surface area contributed by atoms with Gasteiger partial charge in [-0.05, 0) is 37.6 Å². The highest BCUT2D eigenvalue weighted by Crippen LogP contribution is 2.17. The van der Waals surface area contributed by atoms with Crippen molar-refractivity contribution in [1.82, 2.24) is 9.88 Å². The van der Waals surface area contributed by atoms with Crippen molar-refractivity contribution < 1.29 is 9.53 Å². The van der Waals surface area contributed by atoms with Crippen LogP contribution < -0.4 is 15.8 Å². The van der Waals surface area contributed by atoms with E-state index in [9.17, 15) is 4.79 Å². The van der Waals surface area contributed by atoms with E-state index in [1.165, 1.54) is 0 Å². The number of ether oxygens (including phenoxy) is 1. The number of hydrogen-bond donors (Lipinski definition) is 2. The SMILES string of the molecule is COc1cccc(CNC(=O)c2cc(N)cn2C(C)C)c1. The molecule has 0 bridgehead atoms. The van der Waals surface area contributed by atoms with Gasteiger partial charge in [-0.1, -0.05) is 12.1 Å². The van der Waals surface area contributed by atoms with Crippen molar-refractivity contribution in [3.8, 4) is 5.75 Å². The molecule has 0 saturated heterocycles. The van der Waals surface area contributed by atoms with E-state index in [-0.39, 0.29) is 11.9 Å². The van der Waals surface area contributed by atoms with E-state index in [2.05, 4.69) is 5.32 Å². The second-order valence-electron chi connectivity index (χ2n) is 5.19. The van der Waals surface area contributed by atoms with E-state index in [0.29, 0.717) is 17.9 Å². The molecule has 0 radical (unpaired) electrons. The monoisotopic (exact) mass is 287 g/mol. The number of rotatable bonds is 5. The van der Waals surface area contributed by atoms with Gasteiger partial charge in [-0.2, -0.15) is 0 Å². The number of nitrogen functional groups attached to an aromatic ring is 1. The highest BCUT2D eigenvalue weighted by Gasteiger charge is 2.14. The summed E-state index contributed by atoms with van der Waals surface area (Å²) in [6, 6.07) is 9.49. The number of benzene rings is 1. The van der Waals surface area contributed by atoms with Crippen molar-refractivity contribution in [2.75, 3.05) is 12.8 Å². The van der Waals surface area contributed by atoms with Gasteiger partial charge >= 0.3 is 0 Å². The maximum atomic E-state index is 12.3. The Hall–Kier alpha value is -2.43. The first-order chi connectivity index (χ1) is 10.0. The third-order valence-corrected chi connectivity index (χ3v) is 3.25. The Morgan fingerprint density at radius 1 is 1.38 bits per heavy atom. The Bertz CT molecular complexity index is 632. The van der Waals surface area contributed by atoms with Crippen LogP contribution in [0.4, 0.5) is 5.69 Å². The van der Waals surface area contributed by atoms with Crippen molar-refractivity contribution in [2.24, 2.45) is 0 Å². The van der Waals surface area contributed by atoms with Crippen molar-refractivity contribution in [2.45, 2.75) is 26.4 Å². The maximum absolute atomic E-state index is 12.3. The number of nitrogens with zero attached hydrogens (tertiary/aromatic N) is 1. The van der Waals surface area contributed by atoms with Crippen LogP contribution in [-0.4, -0.2) is 17.6 Å². The van der Waals surface area contributed by atoms with Crippen molar-refractivity contribution in [3.05, 3.63) is 47.8 Å². The largest absolute Gasteiger partial charge is 0.497 e.